The summed E-state index contributed by atoms with van der Waals surface area (Å²) in [7, 11) is 8.81. The summed E-state index contributed by atoms with van der Waals surface area (Å²) in [6, 6.07) is 12.0. The van der Waals surface area contributed by atoms with E-state index in [0.717, 1.165) is 22.1 Å². The molecule has 0 aliphatic carbocycles. The zero-order valence-electron chi connectivity index (χ0n) is 16.9. The molecule has 3 rings (SSSR count). The van der Waals surface area contributed by atoms with E-state index in [9.17, 15) is 0 Å². The van der Waals surface area contributed by atoms with Crippen molar-refractivity contribution in [3.8, 4) is 34.3 Å². The van der Waals surface area contributed by atoms with Gasteiger partial charge in [-0.15, -0.1) is 10.2 Å². The minimum absolute atomic E-state index is 0.542. The van der Waals surface area contributed by atoms with Crippen LogP contribution in [0, 0.1) is 0 Å². The average Bonchev–Trinajstić information content (AvgIpc) is 3.16. The molecule has 0 spiro atoms. The maximum atomic E-state index is 5.49. The maximum absolute atomic E-state index is 5.49. The molecule has 148 valence electrons. The highest BCUT2D eigenvalue weighted by Gasteiger charge is 2.20. The summed E-state index contributed by atoms with van der Waals surface area (Å²) in [5.74, 6) is 2.38. The highest BCUT2D eigenvalue weighted by atomic mass is 32.2. The van der Waals surface area contributed by atoms with E-state index in [4.69, 9.17) is 14.2 Å². The molecule has 7 nitrogen and oxygen atoms in total. The lowest BCUT2D eigenvalue weighted by Gasteiger charge is -2.16. The van der Waals surface area contributed by atoms with Gasteiger partial charge in [-0.2, -0.15) is 0 Å². The first-order valence-electron chi connectivity index (χ1n) is 8.61. The van der Waals surface area contributed by atoms with Crippen LogP contribution in [0.3, 0.4) is 0 Å². The Kier molecular flexibility index (Phi) is 5.99. The SMILES string of the molecule is COc1cc(-c2nnc(SC)n2-c2ccc(N(C)C)cc2)cc(OC)c1OC. The van der Waals surface area contributed by atoms with E-state index in [2.05, 4.69) is 39.4 Å². The van der Waals surface area contributed by atoms with Gasteiger partial charge in [0.15, 0.2) is 22.5 Å². The Morgan fingerprint density at radius 2 is 1.50 bits per heavy atom. The Bertz CT molecular complexity index is 930. The molecule has 1 aromatic heterocycles. The molecule has 2 aromatic carbocycles. The van der Waals surface area contributed by atoms with Gasteiger partial charge in [0.1, 0.15) is 0 Å². The largest absolute Gasteiger partial charge is 0.493 e. The van der Waals surface area contributed by atoms with Crippen LogP contribution < -0.4 is 19.1 Å². The van der Waals surface area contributed by atoms with Crippen molar-refractivity contribution in [3.63, 3.8) is 0 Å². The number of anilines is 1. The Morgan fingerprint density at radius 1 is 0.893 bits per heavy atom. The monoisotopic (exact) mass is 400 g/mol. The van der Waals surface area contributed by atoms with E-state index in [-0.39, 0.29) is 0 Å². The van der Waals surface area contributed by atoms with Gasteiger partial charge in [-0.1, -0.05) is 11.8 Å². The van der Waals surface area contributed by atoms with E-state index < -0.39 is 0 Å². The molecule has 0 amide bonds. The number of aromatic nitrogens is 3. The van der Waals surface area contributed by atoms with Crippen LogP contribution >= 0.6 is 11.8 Å². The van der Waals surface area contributed by atoms with Gasteiger partial charge in [-0.3, -0.25) is 4.57 Å². The fourth-order valence-electron chi connectivity index (χ4n) is 2.93. The van der Waals surface area contributed by atoms with Gasteiger partial charge in [0.05, 0.1) is 21.3 Å². The van der Waals surface area contributed by atoms with E-state index >= 15 is 0 Å². The second kappa shape index (κ2) is 8.43. The quantitative estimate of drug-likeness (QED) is 0.560. The molecule has 0 saturated carbocycles. The van der Waals surface area contributed by atoms with Crippen molar-refractivity contribution < 1.29 is 14.2 Å². The Morgan fingerprint density at radius 3 is 1.96 bits per heavy atom. The molecule has 0 fully saturated rings. The topological polar surface area (TPSA) is 61.6 Å². The zero-order chi connectivity index (χ0) is 20.3. The summed E-state index contributed by atoms with van der Waals surface area (Å²) in [5, 5.41) is 9.57. The molecule has 8 heteroatoms. The third-order valence-corrected chi connectivity index (χ3v) is 4.99. The lowest BCUT2D eigenvalue weighted by molar-refractivity contribution is 0.324. The van der Waals surface area contributed by atoms with Gasteiger partial charge >= 0.3 is 0 Å². The van der Waals surface area contributed by atoms with Crippen molar-refractivity contribution in [1.82, 2.24) is 14.8 Å². The average molecular weight is 401 g/mol. The minimum atomic E-state index is 0.542. The first-order chi connectivity index (χ1) is 13.5. The summed E-state index contributed by atoms with van der Waals surface area (Å²) >= 11 is 1.54. The molecular weight excluding hydrogens is 376 g/mol. The third-order valence-electron chi connectivity index (χ3n) is 4.36. The molecule has 0 N–H and O–H groups in total. The number of methoxy groups -OCH3 is 3. The summed E-state index contributed by atoms with van der Waals surface area (Å²) in [6.07, 6.45) is 1.98. The molecule has 0 aliphatic rings. The predicted molar refractivity (Wildman–Crippen MR) is 113 cm³/mol. The Hall–Kier alpha value is -2.87. The van der Waals surface area contributed by atoms with Crippen LogP contribution in [0.2, 0.25) is 0 Å². The van der Waals surface area contributed by atoms with E-state index in [1.54, 1.807) is 21.3 Å². The Labute approximate surface area is 169 Å². The standard InChI is InChI=1S/C20H24N4O3S/c1-23(2)14-7-9-15(10-8-14)24-19(21-22-20(24)28-6)13-11-16(25-3)18(27-5)17(12-13)26-4/h7-12H,1-6H3. The highest BCUT2D eigenvalue weighted by Crippen LogP contribution is 2.41. The first-order valence-corrected chi connectivity index (χ1v) is 9.84. The smallest absolute Gasteiger partial charge is 0.203 e. The minimum Gasteiger partial charge on any atom is -0.493 e. The molecule has 1 heterocycles. The van der Waals surface area contributed by atoms with Gasteiger partial charge in [0.25, 0.3) is 0 Å². The molecule has 0 bridgehead atoms. The van der Waals surface area contributed by atoms with Crippen molar-refractivity contribution in [2.75, 3.05) is 46.6 Å². The van der Waals surface area contributed by atoms with E-state index in [0.29, 0.717) is 23.1 Å². The normalized spacial score (nSPS) is 10.6. The van der Waals surface area contributed by atoms with Crippen LogP contribution in [0.1, 0.15) is 0 Å². The second-order valence-corrected chi connectivity index (χ2v) is 6.94. The van der Waals surface area contributed by atoms with Gasteiger partial charge in [-0.25, -0.2) is 0 Å². The summed E-state index contributed by atoms with van der Waals surface area (Å²) in [4.78, 5) is 2.06. The van der Waals surface area contributed by atoms with Crippen LogP contribution in [-0.2, 0) is 0 Å². The molecule has 0 atom stereocenters. The predicted octanol–water partition coefficient (Wildman–Crippen LogP) is 3.75. The lowest BCUT2D eigenvalue weighted by Crippen LogP contribution is -2.08. The van der Waals surface area contributed by atoms with Crippen molar-refractivity contribution >= 4 is 17.4 Å². The van der Waals surface area contributed by atoms with Gasteiger partial charge in [0.2, 0.25) is 5.75 Å². The van der Waals surface area contributed by atoms with Gasteiger partial charge in [-0.05, 0) is 42.7 Å². The first kappa shape index (κ1) is 19.9. The fourth-order valence-corrected chi connectivity index (χ4v) is 3.43. The summed E-state index contributed by atoms with van der Waals surface area (Å²) in [5.41, 5.74) is 2.92. The number of thioether (sulfide) groups is 1. The molecule has 0 saturated heterocycles. The van der Waals surface area contributed by atoms with Crippen LogP contribution in [0.4, 0.5) is 5.69 Å². The lowest BCUT2D eigenvalue weighted by atomic mass is 10.1. The molecule has 28 heavy (non-hydrogen) atoms. The third kappa shape index (κ3) is 3.60. The summed E-state index contributed by atoms with van der Waals surface area (Å²) in [6.45, 7) is 0. The Balaban J connectivity index is 2.18. The van der Waals surface area contributed by atoms with E-state index in [1.165, 1.54) is 11.8 Å². The highest BCUT2D eigenvalue weighted by molar-refractivity contribution is 7.98. The fraction of sp³-hybridized carbons (Fsp3) is 0.300. The maximum Gasteiger partial charge on any atom is 0.203 e. The number of rotatable bonds is 7. The van der Waals surface area contributed by atoms with Gasteiger partial charge < -0.3 is 19.1 Å². The second-order valence-electron chi connectivity index (χ2n) is 6.17. The number of benzene rings is 2. The van der Waals surface area contributed by atoms with Crippen LogP contribution in [0.25, 0.3) is 17.1 Å². The molecular formula is C20H24N4O3S. The van der Waals surface area contributed by atoms with Crippen molar-refractivity contribution in [3.05, 3.63) is 36.4 Å². The van der Waals surface area contributed by atoms with Crippen molar-refractivity contribution in [1.29, 1.82) is 0 Å². The van der Waals surface area contributed by atoms with Crippen molar-refractivity contribution in [2.24, 2.45) is 0 Å². The molecule has 0 radical (unpaired) electrons. The molecule has 0 unspecified atom stereocenters. The number of ether oxygens (including phenoxy) is 3. The van der Waals surface area contributed by atoms with Crippen LogP contribution in [-0.4, -0.2) is 56.4 Å². The number of nitrogens with zero attached hydrogens (tertiary/aromatic N) is 4. The van der Waals surface area contributed by atoms with Crippen LogP contribution in [0.15, 0.2) is 41.6 Å². The number of hydrogen-bond acceptors (Lipinski definition) is 7. The van der Waals surface area contributed by atoms with Crippen molar-refractivity contribution in [2.45, 2.75) is 5.16 Å². The molecule has 0 aliphatic heterocycles. The number of hydrogen-bond donors (Lipinski definition) is 0. The van der Waals surface area contributed by atoms with E-state index in [1.807, 2.05) is 37.1 Å². The molecule has 3 aromatic rings. The summed E-state index contributed by atoms with van der Waals surface area (Å²) < 4.78 is 18.4. The zero-order valence-corrected chi connectivity index (χ0v) is 17.7. The van der Waals surface area contributed by atoms with Gasteiger partial charge in [0, 0.05) is 31.0 Å². The van der Waals surface area contributed by atoms with Crippen LogP contribution in [0.5, 0.6) is 17.2 Å².